The Kier molecular flexibility index (Phi) is 6.82. The zero-order valence-corrected chi connectivity index (χ0v) is 16.8. The molecular formula is C21H18ClN3O5. The van der Waals surface area contributed by atoms with Crippen molar-refractivity contribution in [3.63, 3.8) is 0 Å². The number of amides is 1. The third kappa shape index (κ3) is 5.24. The molecule has 1 N–H and O–H groups in total. The van der Waals surface area contributed by atoms with E-state index in [2.05, 4.69) is 10.5 Å². The molecule has 1 amide bonds. The van der Waals surface area contributed by atoms with Gasteiger partial charge in [-0.25, -0.2) is 5.43 Å². The van der Waals surface area contributed by atoms with E-state index in [4.69, 9.17) is 20.8 Å². The van der Waals surface area contributed by atoms with E-state index in [0.717, 1.165) is 6.42 Å². The minimum absolute atomic E-state index is 0.167. The van der Waals surface area contributed by atoms with E-state index in [1.165, 1.54) is 18.3 Å². The Labute approximate surface area is 177 Å². The number of nitro benzene ring substituents is 1. The van der Waals surface area contributed by atoms with E-state index in [0.29, 0.717) is 29.2 Å². The van der Waals surface area contributed by atoms with Gasteiger partial charge in [-0.1, -0.05) is 18.5 Å². The van der Waals surface area contributed by atoms with Crippen LogP contribution in [0.3, 0.4) is 0 Å². The Morgan fingerprint density at radius 1 is 1.23 bits per heavy atom. The van der Waals surface area contributed by atoms with Gasteiger partial charge in [0.25, 0.3) is 11.6 Å². The summed E-state index contributed by atoms with van der Waals surface area (Å²) in [6.45, 7) is 2.62. The maximum Gasteiger partial charge on any atom is 0.281 e. The van der Waals surface area contributed by atoms with E-state index in [1.54, 1.807) is 42.5 Å². The molecule has 0 aliphatic heterocycles. The largest absolute Gasteiger partial charge is 0.494 e. The second-order valence-electron chi connectivity index (χ2n) is 6.19. The fourth-order valence-electron chi connectivity index (χ4n) is 2.57. The van der Waals surface area contributed by atoms with Crippen LogP contribution in [0.15, 0.2) is 64.1 Å². The highest BCUT2D eigenvalue weighted by Crippen LogP contribution is 2.33. The van der Waals surface area contributed by atoms with Crippen LogP contribution >= 0.6 is 11.6 Å². The average Bonchev–Trinajstić information content (AvgIpc) is 3.21. The minimum Gasteiger partial charge on any atom is -0.494 e. The summed E-state index contributed by atoms with van der Waals surface area (Å²) < 4.78 is 11.1. The SMILES string of the molecule is CCCOc1ccc(C(=O)N/N=C/c2ccc(-c3ccc(Cl)cc3[N+](=O)[O-])o2)cc1. The van der Waals surface area contributed by atoms with Gasteiger partial charge in [-0.3, -0.25) is 14.9 Å². The van der Waals surface area contributed by atoms with Crippen molar-refractivity contribution in [1.29, 1.82) is 0 Å². The summed E-state index contributed by atoms with van der Waals surface area (Å²) in [5.41, 5.74) is 2.95. The van der Waals surface area contributed by atoms with Crippen LogP contribution in [0.4, 0.5) is 5.69 Å². The summed E-state index contributed by atoms with van der Waals surface area (Å²) in [5.74, 6) is 0.899. The van der Waals surface area contributed by atoms with Crippen LogP contribution in [-0.2, 0) is 0 Å². The number of nitrogens with one attached hydrogen (secondary N) is 1. The van der Waals surface area contributed by atoms with Crippen LogP contribution in [0.5, 0.6) is 5.75 Å². The third-order valence-corrected chi connectivity index (χ3v) is 4.23. The monoisotopic (exact) mass is 427 g/mol. The number of ether oxygens (including phenoxy) is 1. The molecule has 9 heteroatoms. The van der Waals surface area contributed by atoms with Crippen molar-refractivity contribution in [2.45, 2.75) is 13.3 Å². The molecule has 0 unspecified atom stereocenters. The van der Waals surface area contributed by atoms with Gasteiger partial charge in [-0.05, 0) is 55.0 Å². The van der Waals surface area contributed by atoms with Gasteiger partial charge in [0.1, 0.15) is 17.3 Å². The highest BCUT2D eigenvalue weighted by molar-refractivity contribution is 6.30. The number of hydrazone groups is 1. The maximum absolute atomic E-state index is 12.2. The molecule has 0 saturated carbocycles. The number of carbonyl (C=O) groups excluding carboxylic acids is 1. The number of carbonyl (C=O) groups is 1. The predicted octanol–water partition coefficient (Wildman–Crippen LogP) is 5.06. The van der Waals surface area contributed by atoms with Crippen LogP contribution < -0.4 is 10.2 Å². The Balaban J connectivity index is 1.65. The Morgan fingerprint density at radius 2 is 2.00 bits per heavy atom. The number of rotatable bonds is 8. The molecule has 2 aromatic carbocycles. The molecule has 1 heterocycles. The first kappa shape index (κ1) is 21.1. The molecule has 30 heavy (non-hydrogen) atoms. The number of hydrogen-bond donors (Lipinski definition) is 1. The molecule has 1 aromatic heterocycles. The molecule has 0 aliphatic carbocycles. The standard InChI is InChI=1S/C21H18ClN3O5/c1-2-11-29-16-6-3-14(4-7-16)21(26)24-23-13-17-8-10-20(30-17)18-9-5-15(22)12-19(18)25(27)28/h3-10,12-13H,2,11H2,1H3,(H,24,26)/b23-13+. The number of nitrogens with zero attached hydrogens (tertiary/aromatic N) is 2. The van der Waals surface area contributed by atoms with Crippen molar-refractivity contribution in [2.24, 2.45) is 5.10 Å². The van der Waals surface area contributed by atoms with E-state index >= 15 is 0 Å². The number of furan rings is 1. The quantitative estimate of drug-likeness (QED) is 0.307. The first-order valence-electron chi connectivity index (χ1n) is 9.08. The van der Waals surface area contributed by atoms with Gasteiger partial charge in [0.05, 0.1) is 23.3 Å². The van der Waals surface area contributed by atoms with Gasteiger partial charge >= 0.3 is 0 Å². The smallest absolute Gasteiger partial charge is 0.281 e. The molecule has 0 bridgehead atoms. The van der Waals surface area contributed by atoms with E-state index in [-0.39, 0.29) is 16.5 Å². The van der Waals surface area contributed by atoms with E-state index in [1.807, 2.05) is 6.92 Å². The van der Waals surface area contributed by atoms with Crippen LogP contribution in [0, 0.1) is 10.1 Å². The van der Waals surface area contributed by atoms with Gasteiger partial charge in [0.15, 0.2) is 0 Å². The summed E-state index contributed by atoms with van der Waals surface area (Å²) in [4.78, 5) is 22.9. The van der Waals surface area contributed by atoms with Crippen LogP contribution in [0.1, 0.15) is 29.5 Å². The summed E-state index contributed by atoms with van der Waals surface area (Å²) in [7, 11) is 0. The molecule has 0 saturated heterocycles. The van der Waals surface area contributed by atoms with Gasteiger partial charge in [0, 0.05) is 16.7 Å². The summed E-state index contributed by atoms with van der Waals surface area (Å²) in [6, 6.07) is 14.2. The lowest BCUT2D eigenvalue weighted by Crippen LogP contribution is -2.17. The van der Waals surface area contributed by atoms with E-state index in [9.17, 15) is 14.9 Å². The number of benzene rings is 2. The van der Waals surface area contributed by atoms with Crippen LogP contribution in [-0.4, -0.2) is 23.7 Å². The maximum atomic E-state index is 12.2. The summed E-state index contributed by atoms with van der Waals surface area (Å²) in [5, 5.41) is 15.4. The molecule has 3 rings (SSSR count). The molecule has 8 nitrogen and oxygen atoms in total. The second kappa shape index (κ2) is 9.71. The van der Waals surface area contributed by atoms with Gasteiger partial charge in [-0.2, -0.15) is 5.10 Å². The molecule has 0 radical (unpaired) electrons. The topological polar surface area (TPSA) is 107 Å². The molecule has 0 spiro atoms. The van der Waals surface area contributed by atoms with Gasteiger partial charge < -0.3 is 9.15 Å². The van der Waals surface area contributed by atoms with Gasteiger partial charge in [-0.15, -0.1) is 0 Å². The lowest BCUT2D eigenvalue weighted by atomic mass is 10.1. The van der Waals surface area contributed by atoms with Crippen molar-refractivity contribution in [2.75, 3.05) is 6.61 Å². The Bertz CT molecular complexity index is 1080. The Hall–Kier alpha value is -3.65. The molecule has 3 aromatic rings. The molecule has 0 aliphatic rings. The number of halogens is 1. The van der Waals surface area contributed by atoms with Crippen molar-refractivity contribution in [3.8, 4) is 17.1 Å². The second-order valence-corrected chi connectivity index (χ2v) is 6.63. The average molecular weight is 428 g/mol. The Morgan fingerprint density at radius 3 is 2.70 bits per heavy atom. The predicted molar refractivity (Wildman–Crippen MR) is 113 cm³/mol. The van der Waals surface area contributed by atoms with Crippen molar-refractivity contribution < 1.29 is 18.9 Å². The van der Waals surface area contributed by atoms with Crippen LogP contribution in [0.25, 0.3) is 11.3 Å². The van der Waals surface area contributed by atoms with Crippen molar-refractivity contribution >= 4 is 29.4 Å². The fourth-order valence-corrected chi connectivity index (χ4v) is 2.74. The minimum atomic E-state index is -0.531. The first-order valence-corrected chi connectivity index (χ1v) is 9.46. The number of nitro groups is 1. The van der Waals surface area contributed by atoms with Gasteiger partial charge in [0.2, 0.25) is 0 Å². The lowest BCUT2D eigenvalue weighted by Gasteiger charge is -2.05. The highest BCUT2D eigenvalue weighted by Gasteiger charge is 2.18. The zero-order chi connectivity index (χ0) is 21.5. The molecule has 0 atom stereocenters. The lowest BCUT2D eigenvalue weighted by molar-refractivity contribution is -0.384. The van der Waals surface area contributed by atoms with Crippen LogP contribution in [0.2, 0.25) is 5.02 Å². The van der Waals surface area contributed by atoms with Crippen molar-refractivity contribution in [3.05, 3.63) is 81.1 Å². The van der Waals surface area contributed by atoms with E-state index < -0.39 is 10.8 Å². The number of hydrogen-bond acceptors (Lipinski definition) is 6. The summed E-state index contributed by atoms with van der Waals surface area (Å²) in [6.07, 6.45) is 2.21. The molecule has 154 valence electrons. The molecular weight excluding hydrogens is 410 g/mol. The third-order valence-electron chi connectivity index (χ3n) is 4.00. The molecule has 0 fully saturated rings. The summed E-state index contributed by atoms with van der Waals surface area (Å²) >= 11 is 5.83. The van der Waals surface area contributed by atoms with Crippen molar-refractivity contribution in [1.82, 2.24) is 5.43 Å². The fraction of sp³-hybridized carbons (Fsp3) is 0.143. The zero-order valence-electron chi connectivity index (χ0n) is 16.0. The first-order chi connectivity index (χ1) is 14.5. The highest BCUT2D eigenvalue weighted by atomic mass is 35.5. The normalized spacial score (nSPS) is 10.9.